The van der Waals surface area contributed by atoms with Crippen LogP contribution in [0.3, 0.4) is 0 Å². The summed E-state index contributed by atoms with van der Waals surface area (Å²) in [4.78, 5) is 0. The van der Waals surface area contributed by atoms with Crippen LogP contribution in [-0.2, 0) is 0 Å². The van der Waals surface area contributed by atoms with Crippen LogP contribution in [0.4, 0.5) is 0 Å². The van der Waals surface area contributed by atoms with Gasteiger partial charge in [0.25, 0.3) is 0 Å². The average Bonchev–Trinajstić information content (AvgIpc) is 1.87. The molecule has 2 heteroatoms. The number of aliphatic hydroxyl groups is 1. The molecule has 2 nitrogen and oxygen atoms in total. The van der Waals surface area contributed by atoms with E-state index in [4.69, 9.17) is 5.11 Å². The highest BCUT2D eigenvalue weighted by Gasteiger charge is 1.91. The van der Waals surface area contributed by atoms with E-state index < -0.39 is 0 Å². The van der Waals surface area contributed by atoms with Gasteiger partial charge in [-0.2, -0.15) is 0 Å². The topological polar surface area (TPSA) is 32.3 Å². The molecule has 0 amide bonds. The van der Waals surface area contributed by atoms with E-state index in [9.17, 15) is 0 Å². The molecule has 0 bridgehead atoms. The number of nitrogens with one attached hydrogen (secondary N) is 1. The quantitative estimate of drug-likeness (QED) is 0.428. The van der Waals surface area contributed by atoms with Gasteiger partial charge in [0.15, 0.2) is 0 Å². The Balaban J connectivity index is 2.83. The van der Waals surface area contributed by atoms with Gasteiger partial charge in [-0.05, 0) is 26.3 Å². The largest absolute Gasteiger partial charge is 0.392 e. The van der Waals surface area contributed by atoms with Gasteiger partial charge in [0.1, 0.15) is 0 Å². The molecule has 1 atom stereocenters. The lowest BCUT2D eigenvalue weighted by Crippen LogP contribution is -2.25. The molecule has 0 rings (SSSR count). The molecule has 0 aromatic rings. The number of hydrogen-bond donors (Lipinski definition) is 2. The lowest BCUT2D eigenvalue weighted by Gasteiger charge is -2.04. The van der Waals surface area contributed by atoms with Gasteiger partial charge in [0, 0.05) is 6.54 Å². The van der Waals surface area contributed by atoms with Crippen molar-refractivity contribution >= 4 is 0 Å². The highest BCUT2D eigenvalue weighted by molar-refractivity contribution is 4.66. The fourth-order valence-electron chi connectivity index (χ4n) is 0.682. The first kappa shape index (κ1) is 9.66. The van der Waals surface area contributed by atoms with Crippen molar-refractivity contribution in [1.29, 1.82) is 0 Å². The second-order valence-corrected chi connectivity index (χ2v) is 2.48. The molecule has 0 aliphatic carbocycles. The van der Waals surface area contributed by atoms with Crippen molar-refractivity contribution in [2.75, 3.05) is 13.1 Å². The van der Waals surface area contributed by atoms with Crippen LogP contribution < -0.4 is 5.32 Å². The van der Waals surface area contributed by atoms with Gasteiger partial charge in [-0.25, -0.2) is 0 Å². The Bertz CT molecular complexity index is 81.3. The van der Waals surface area contributed by atoms with Crippen molar-refractivity contribution in [3.05, 3.63) is 12.7 Å². The summed E-state index contributed by atoms with van der Waals surface area (Å²) in [5.41, 5.74) is 0. The molecule has 2 N–H and O–H groups in total. The molecule has 0 radical (unpaired) electrons. The van der Waals surface area contributed by atoms with Gasteiger partial charge >= 0.3 is 0 Å². The number of hydrogen-bond acceptors (Lipinski definition) is 2. The number of rotatable bonds is 6. The van der Waals surface area contributed by atoms with Gasteiger partial charge < -0.3 is 10.4 Å². The van der Waals surface area contributed by atoms with E-state index in [1.165, 1.54) is 0 Å². The first-order valence-electron chi connectivity index (χ1n) is 3.77. The molecule has 0 spiro atoms. The molecule has 1 unspecified atom stereocenters. The normalized spacial score (nSPS) is 13.0. The summed E-state index contributed by atoms with van der Waals surface area (Å²) in [7, 11) is 0. The Morgan fingerprint density at radius 3 is 2.90 bits per heavy atom. The Hall–Kier alpha value is -0.340. The first-order chi connectivity index (χ1) is 4.77. The smallest absolute Gasteiger partial charge is 0.0636 e. The minimum atomic E-state index is -0.233. The van der Waals surface area contributed by atoms with E-state index in [0.29, 0.717) is 6.54 Å². The number of unbranched alkanes of at least 4 members (excludes halogenated alkanes) is 1. The summed E-state index contributed by atoms with van der Waals surface area (Å²) in [6.45, 7) is 7.06. The first-order valence-corrected chi connectivity index (χ1v) is 3.77. The second-order valence-electron chi connectivity index (χ2n) is 2.48. The van der Waals surface area contributed by atoms with Gasteiger partial charge in [0.2, 0.25) is 0 Å². The zero-order chi connectivity index (χ0) is 7.82. The molecule has 0 saturated carbocycles. The predicted octanol–water partition coefficient (Wildman–Crippen LogP) is 0.923. The molecule has 60 valence electrons. The lowest BCUT2D eigenvalue weighted by atomic mass is 10.3. The van der Waals surface area contributed by atoms with E-state index in [-0.39, 0.29) is 6.10 Å². The van der Waals surface area contributed by atoms with Crippen molar-refractivity contribution < 1.29 is 5.11 Å². The van der Waals surface area contributed by atoms with Crippen LogP contribution in [0.15, 0.2) is 12.7 Å². The third-order valence-corrected chi connectivity index (χ3v) is 1.20. The van der Waals surface area contributed by atoms with Crippen LogP contribution in [0.5, 0.6) is 0 Å². The average molecular weight is 143 g/mol. The third kappa shape index (κ3) is 7.66. The molecular formula is C8H17NO. The number of aliphatic hydroxyl groups excluding tert-OH is 1. The van der Waals surface area contributed by atoms with Crippen molar-refractivity contribution in [1.82, 2.24) is 5.32 Å². The highest BCUT2D eigenvalue weighted by Crippen LogP contribution is 1.86. The highest BCUT2D eigenvalue weighted by atomic mass is 16.3. The summed E-state index contributed by atoms with van der Waals surface area (Å²) < 4.78 is 0. The van der Waals surface area contributed by atoms with Crippen molar-refractivity contribution in [3.8, 4) is 0 Å². The zero-order valence-corrected chi connectivity index (χ0v) is 6.64. The second kappa shape index (κ2) is 6.78. The molecule has 0 saturated heterocycles. The van der Waals surface area contributed by atoms with E-state index >= 15 is 0 Å². The van der Waals surface area contributed by atoms with Crippen molar-refractivity contribution in [2.45, 2.75) is 25.9 Å². The molecule has 0 aromatic carbocycles. The van der Waals surface area contributed by atoms with E-state index in [1.807, 2.05) is 6.08 Å². The van der Waals surface area contributed by atoms with E-state index in [1.54, 1.807) is 6.92 Å². The monoisotopic (exact) mass is 143 g/mol. The fourth-order valence-corrected chi connectivity index (χ4v) is 0.682. The Kier molecular flexibility index (Phi) is 6.55. The molecule has 0 fully saturated rings. The minimum absolute atomic E-state index is 0.233. The molecule has 0 aliphatic rings. The maximum atomic E-state index is 8.83. The Morgan fingerprint density at radius 1 is 1.70 bits per heavy atom. The van der Waals surface area contributed by atoms with Crippen LogP contribution in [0.1, 0.15) is 19.8 Å². The van der Waals surface area contributed by atoms with Crippen LogP contribution >= 0.6 is 0 Å². The zero-order valence-electron chi connectivity index (χ0n) is 6.64. The van der Waals surface area contributed by atoms with Gasteiger partial charge in [-0.3, -0.25) is 0 Å². The van der Waals surface area contributed by atoms with Crippen molar-refractivity contribution in [2.24, 2.45) is 0 Å². The third-order valence-electron chi connectivity index (χ3n) is 1.20. The minimum Gasteiger partial charge on any atom is -0.392 e. The molecule has 10 heavy (non-hydrogen) atoms. The SMILES string of the molecule is C=CCCCNCC(C)O. The maximum Gasteiger partial charge on any atom is 0.0636 e. The standard InChI is InChI=1S/C8H17NO/c1-3-4-5-6-9-7-8(2)10/h3,8-10H,1,4-7H2,2H3. The van der Waals surface area contributed by atoms with Crippen LogP contribution in [0, 0.1) is 0 Å². The van der Waals surface area contributed by atoms with Gasteiger partial charge in [0.05, 0.1) is 6.10 Å². The summed E-state index contributed by atoms with van der Waals surface area (Å²) in [6, 6.07) is 0. The maximum absolute atomic E-state index is 8.83. The number of allylic oxidation sites excluding steroid dienone is 1. The van der Waals surface area contributed by atoms with Crippen LogP contribution in [0.25, 0.3) is 0 Å². The van der Waals surface area contributed by atoms with Gasteiger partial charge in [-0.15, -0.1) is 6.58 Å². The van der Waals surface area contributed by atoms with Crippen molar-refractivity contribution in [3.63, 3.8) is 0 Å². The molecule has 0 aliphatic heterocycles. The lowest BCUT2D eigenvalue weighted by molar-refractivity contribution is 0.191. The Labute approximate surface area is 62.9 Å². The van der Waals surface area contributed by atoms with Crippen LogP contribution in [-0.4, -0.2) is 24.3 Å². The predicted molar refractivity (Wildman–Crippen MR) is 44.0 cm³/mol. The van der Waals surface area contributed by atoms with Gasteiger partial charge in [-0.1, -0.05) is 6.08 Å². The molecule has 0 heterocycles. The summed E-state index contributed by atoms with van der Waals surface area (Å²) in [5.74, 6) is 0. The van der Waals surface area contributed by atoms with Crippen LogP contribution in [0.2, 0.25) is 0 Å². The fraction of sp³-hybridized carbons (Fsp3) is 0.750. The molecule has 0 aromatic heterocycles. The Morgan fingerprint density at radius 2 is 2.40 bits per heavy atom. The van der Waals surface area contributed by atoms with E-state index in [0.717, 1.165) is 19.4 Å². The summed E-state index contributed by atoms with van der Waals surface area (Å²) in [6.07, 6.45) is 3.83. The van der Waals surface area contributed by atoms with E-state index in [2.05, 4.69) is 11.9 Å². The molecular weight excluding hydrogens is 126 g/mol. The summed E-state index contributed by atoms with van der Waals surface area (Å²) in [5, 5.41) is 11.9. The summed E-state index contributed by atoms with van der Waals surface area (Å²) >= 11 is 0.